The normalized spacial score (nSPS) is 12.2. The highest BCUT2D eigenvalue weighted by Crippen LogP contribution is 2.21. The molecule has 1 heterocycles. The van der Waals surface area contributed by atoms with Crippen molar-refractivity contribution in [3.05, 3.63) is 63.5 Å². The van der Waals surface area contributed by atoms with Crippen molar-refractivity contribution in [2.24, 2.45) is 0 Å². The second-order valence-corrected chi connectivity index (χ2v) is 4.90. The molecular formula is C15H17ClN2O. The van der Waals surface area contributed by atoms with Gasteiger partial charge in [-0.05, 0) is 37.6 Å². The van der Waals surface area contributed by atoms with Gasteiger partial charge in [-0.15, -0.1) is 0 Å². The number of nitrogens with zero attached hydrogens (tertiary/aromatic N) is 1. The fourth-order valence-corrected chi connectivity index (χ4v) is 2.17. The molecule has 0 bridgehead atoms. The third-order valence-electron chi connectivity index (χ3n) is 3.06. The Kier molecular flexibility index (Phi) is 4.27. The van der Waals surface area contributed by atoms with Crippen molar-refractivity contribution < 1.29 is 0 Å². The van der Waals surface area contributed by atoms with Crippen LogP contribution in [-0.4, -0.2) is 4.57 Å². The molecule has 2 aromatic rings. The van der Waals surface area contributed by atoms with Crippen LogP contribution in [0, 0.1) is 0 Å². The van der Waals surface area contributed by atoms with Crippen molar-refractivity contribution in [1.29, 1.82) is 0 Å². The maximum absolute atomic E-state index is 11.5. The molecule has 0 aliphatic carbocycles. The number of aryl methyl sites for hydroxylation is 1. The van der Waals surface area contributed by atoms with Crippen molar-refractivity contribution in [3.63, 3.8) is 0 Å². The Morgan fingerprint density at radius 1 is 1.32 bits per heavy atom. The van der Waals surface area contributed by atoms with E-state index in [1.807, 2.05) is 37.4 Å². The average Bonchev–Trinajstić information content (AvgIpc) is 2.41. The molecule has 0 radical (unpaired) electrons. The van der Waals surface area contributed by atoms with E-state index >= 15 is 0 Å². The van der Waals surface area contributed by atoms with E-state index in [9.17, 15) is 4.79 Å². The van der Waals surface area contributed by atoms with E-state index in [0.29, 0.717) is 6.54 Å². The quantitative estimate of drug-likeness (QED) is 0.924. The summed E-state index contributed by atoms with van der Waals surface area (Å²) in [5.74, 6) is 0. The zero-order chi connectivity index (χ0) is 13.8. The minimum absolute atomic E-state index is 0.0171. The third kappa shape index (κ3) is 3.38. The Bertz CT molecular complexity index is 622. The minimum Gasteiger partial charge on any atom is -0.377 e. The van der Waals surface area contributed by atoms with Gasteiger partial charge in [0, 0.05) is 29.9 Å². The van der Waals surface area contributed by atoms with Gasteiger partial charge in [-0.25, -0.2) is 0 Å². The fraction of sp³-hybridized carbons (Fsp3) is 0.267. The summed E-state index contributed by atoms with van der Waals surface area (Å²) in [4.78, 5) is 11.5. The largest absolute Gasteiger partial charge is 0.377 e. The van der Waals surface area contributed by atoms with E-state index in [4.69, 9.17) is 11.6 Å². The maximum Gasteiger partial charge on any atom is 0.250 e. The number of hydrogen-bond acceptors (Lipinski definition) is 2. The summed E-state index contributed by atoms with van der Waals surface area (Å²) in [7, 11) is 0. The molecule has 0 amide bonds. The molecule has 1 N–H and O–H groups in total. The minimum atomic E-state index is 0.0171. The Balaban J connectivity index is 2.19. The first-order chi connectivity index (χ1) is 9.10. The Morgan fingerprint density at radius 3 is 2.79 bits per heavy atom. The Morgan fingerprint density at radius 2 is 2.11 bits per heavy atom. The van der Waals surface area contributed by atoms with Crippen LogP contribution in [0.4, 0.5) is 5.69 Å². The highest BCUT2D eigenvalue weighted by Gasteiger charge is 2.06. The molecular weight excluding hydrogens is 260 g/mol. The van der Waals surface area contributed by atoms with Crippen LogP contribution in [0.5, 0.6) is 0 Å². The number of pyridine rings is 1. The van der Waals surface area contributed by atoms with E-state index in [-0.39, 0.29) is 11.6 Å². The molecule has 0 spiro atoms. The van der Waals surface area contributed by atoms with E-state index in [2.05, 4.69) is 12.2 Å². The fourth-order valence-electron chi connectivity index (χ4n) is 1.97. The molecule has 3 nitrogen and oxygen atoms in total. The molecule has 1 aromatic carbocycles. The summed E-state index contributed by atoms with van der Waals surface area (Å²) in [6.45, 7) is 4.68. The van der Waals surface area contributed by atoms with Crippen molar-refractivity contribution in [3.8, 4) is 0 Å². The lowest BCUT2D eigenvalue weighted by molar-refractivity contribution is 0.725. The van der Waals surface area contributed by atoms with Crippen LogP contribution in [0.15, 0.2) is 47.4 Å². The Labute approximate surface area is 117 Å². The zero-order valence-electron chi connectivity index (χ0n) is 11.1. The van der Waals surface area contributed by atoms with Crippen molar-refractivity contribution in [2.45, 2.75) is 26.4 Å². The van der Waals surface area contributed by atoms with Gasteiger partial charge in [0.1, 0.15) is 0 Å². The summed E-state index contributed by atoms with van der Waals surface area (Å²) in [5.41, 5.74) is 2.05. The maximum atomic E-state index is 11.5. The predicted molar refractivity (Wildman–Crippen MR) is 79.9 cm³/mol. The first-order valence-corrected chi connectivity index (χ1v) is 6.70. The number of rotatable bonds is 4. The van der Waals surface area contributed by atoms with Crippen molar-refractivity contribution in [1.82, 2.24) is 4.57 Å². The molecule has 1 atom stereocenters. The van der Waals surface area contributed by atoms with Crippen molar-refractivity contribution >= 4 is 17.3 Å². The standard InChI is InChI=1S/C15H17ClN2O/c1-3-18-10-14(7-8-15(18)19)17-11(2)12-5-4-6-13(16)9-12/h4-11,17H,3H2,1-2H3. The number of nitrogens with one attached hydrogen (secondary N) is 1. The first-order valence-electron chi connectivity index (χ1n) is 6.32. The second kappa shape index (κ2) is 5.93. The summed E-state index contributed by atoms with van der Waals surface area (Å²) < 4.78 is 1.67. The summed E-state index contributed by atoms with van der Waals surface area (Å²) in [5, 5.41) is 4.10. The number of benzene rings is 1. The number of aromatic nitrogens is 1. The van der Waals surface area contributed by atoms with Crippen LogP contribution in [-0.2, 0) is 6.54 Å². The molecule has 2 rings (SSSR count). The first kappa shape index (κ1) is 13.7. The van der Waals surface area contributed by atoms with Crippen LogP contribution in [0.1, 0.15) is 25.5 Å². The molecule has 0 saturated heterocycles. The van der Waals surface area contributed by atoms with Gasteiger partial charge in [0.25, 0.3) is 5.56 Å². The highest BCUT2D eigenvalue weighted by atomic mass is 35.5. The van der Waals surface area contributed by atoms with Gasteiger partial charge in [0.2, 0.25) is 0 Å². The van der Waals surface area contributed by atoms with Crippen LogP contribution >= 0.6 is 11.6 Å². The topological polar surface area (TPSA) is 34.0 Å². The van der Waals surface area contributed by atoms with Crippen molar-refractivity contribution in [2.75, 3.05) is 5.32 Å². The van der Waals surface area contributed by atoms with Gasteiger partial charge in [-0.3, -0.25) is 4.79 Å². The zero-order valence-corrected chi connectivity index (χ0v) is 11.8. The van der Waals surface area contributed by atoms with Gasteiger partial charge in [-0.2, -0.15) is 0 Å². The number of hydrogen-bond donors (Lipinski definition) is 1. The monoisotopic (exact) mass is 276 g/mol. The summed E-state index contributed by atoms with van der Waals surface area (Å²) >= 11 is 5.99. The van der Waals surface area contributed by atoms with Crippen LogP contribution < -0.4 is 10.9 Å². The van der Waals surface area contributed by atoms with Gasteiger partial charge in [-0.1, -0.05) is 23.7 Å². The molecule has 0 aliphatic rings. The molecule has 100 valence electrons. The average molecular weight is 277 g/mol. The number of anilines is 1. The van der Waals surface area contributed by atoms with Gasteiger partial charge in [0.05, 0.1) is 5.69 Å². The number of halogens is 1. The SMILES string of the molecule is CCn1cc(NC(C)c2cccc(Cl)c2)ccc1=O. The second-order valence-electron chi connectivity index (χ2n) is 4.46. The molecule has 1 unspecified atom stereocenters. The molecule has 1 aromatic heterocycles. The predicted octanol–water partition coefficient (Wildman–Crippen LogP) is 3.69. The van der Waals surface area contributed by atoms with Crippen LogP contribution in [0.25, 0.3) is 0 Å². The lowest BCUT2D eigenvalue weighted by Crippen LogP contribution is -2.18. The van der Waals surface area contributed by atoms with Crippen LogP contribution in [0.2, 0.25) is 5.02 Å². The van der Waals surface area contributed by atoms with E-state index in [1.165, 1.54) is 0 Å². The molecule has 19 heavy (non-hydrogen) atoms. The van der Waals surface area contributed by atoms with Crippen LogP contribution in [0.3, 0.4) is 0 Å². The van der Waals surface area contributed by atoms with Gasteiger partial charge >= 0.3 is 0 Å². The smallest absolute Gasteiger partial charge is 0.250 e. The Hall–Kier alpha value is -1.74. The third-order valence-corrected chi connectivity index (χ3v) is 3.29. The summed E-state index contributed by atoms with van der Waals surface area (Å²) in [6.07, 6.45) is 1.84. The lowest BCUT2D eigenvalue weighted by atomic mass is 10.1. The van der Waals surface area contributed by atoms with E-state index < -0.39 is 0 Å². The van der Waals surface area contributed by atoms with Gasteiger partial charge in [0.15, 0.2) is 0 Å². The molecule has 0 fully saturated rings. The summed E-state index contributed by atoms with van der Waals surface area (Å²) in [6, 6.07) is 11.3. The van der Waals surface area contributed by atoms with E-state index in [1.54, 1.807) is 16.7 Å². The highest BCUT2D eigenvalue weighted by molar-refractivity contribution is 6.30. The molecule has 4 heteroatoms. The van der Waals surface area contributed by atoms with Gasteiger partial charge < -0.3 is 9.88 Å². The lowest BCUT2D eigenvalue weighted by Gasteiger charge is -2.16. The molecule has 0 saturated carbocycles. The molecule has 0 aliphatic heterocycles. The van der Waals surface area contributed by atoms with E-state index in [0.717, 1.165) is 16.3 Å².